The zero-order valence-electron chi connectivity index (χ0n) is 13.2. The van der Waals surface area contributed by atoms with Crippen molar-refractivity contribution in [3.05, 3.63) is 0 Å². The standard InChI is InChI=1S/C15H31NO4/c1-4-9-16-15(6-3,14(17)18)8-7-11-20-13-12-19-10-5-2/h16H,4-13H2,1-3H3,(H,17,18). The van der Waals surface area contributed by atoms with Crippen molar-refractivity contribution in [2.24, 2.45) is 0 Å². The van der Waals surface area contributed by atoms with Crippen LogP contribution in [-0.4, -0.2) is 49.6 Å². The summed E-state index contributed by atoms with van der Waals surface area (Å²) in [4.78, 5) is 11.5. The van der Waals surface area contributed by atoms with Crippen LogP contribution in [0.4, 0.5) is 0 Å². The van der Waals surface area contributed by atoms with Gasteiger partial charge < -0.3 is 19.9 Å². The Morgan fingerprint density at radius 3 is 2.20 bits per heavy atom. The van der Waals surface area contributed by atoms with Gasteiger partial charge in [0.05, 0.1) is 13.2 Å². The number of nitrogens with one attached hydrogen (secondary N) is 1. The maximum Gasteiger partial charge on any atom is 0.323 e. The zero-order valence-corrected chi connectivity index (χ0v) is 13.2. The largest absolute Gasteiger partial charge is 0.480 e. The third kappa shape index (κ3) is 7.82. The molecule has 20 heavy (non-hydrogen) atoms. The van der Waals surface area contributed by atoms with Gasteiger partial charge >= 0.3 is 5.97 Å². The average Bonchev–Trinajstić information content (AvgIpc) is 2.45. The van der Waals surface area contributed by atoms with Gasteiger partial charge in [-0.2, -0.15) is 0 Å². The maximum absolute atomic E-state index is 11.5. The summed E-state index contributed by atoms with van der Waals surface area (Å²) in [6, 6.07) is 0. The second-order valence-electron chi connectivity index (χ2n) is 5.00. The van der Waals surface area contributed by atoms with Crippen molar-refractivity contribution in [1.82, 2.24) is 5.32 Å². The number of ether oxygens (including phenoxy) is 2. The lowest BCUT2D eigenvalue weighted by molar-refractivity contribution is -0.145. The fraction of sp³-hybridized carbons (Fsp3) is 0.933. The third-order valence-electron chi connectivity index (χ3n) is 3.34. The van der Waals surface area contributed by atoms with E-state index in [1.54, 1.807) is 0 Å². The second kappa shape index (κ2) is 12.1. The van der Waals surface area contributed by atoms with Crippen molar-refractivity contribution >= 4 is 5.97 Å². The Morgan fingerprint density at radius 2 is 1.70 bits per heavy atom. The second-order valence-corrected chi connectivity index (χ2v) is 5.00. The highest BCUT2D eigenvalue weighted by Gasteiger charge is 2.35. The van der Waals surface area contributed by atoms with Crippen LogP contribution in [0.25, 0.3) is 0 Å². The van der Waals surface area contributed by atoms with Gasteiger partial charge in [0.25, 0.3) is 0 Å². The Kier molecular flexibility index (Phi) is 11.7. The van der Waals surface area contributed by atoms with Crippen LogP contribution in [-0.2, 0) is 14.3 Å². The van der Waals surface area contributed by atoms with Gasteiger partial charge in [0.1, 0.15) is 5.54 Å². The molecule has 0 saturated carbocycles. The van der Waals surface area contributed by atoms with Crippen molar-refractivity contribution < 1.29 is 19.4 Å². The molecule has 0 fully saturated rings. The maximum atomic E-state index is 11.5. The van der Waals surface area contributed by atoms with Crippen molar-refractivity contribution in [2.45, 2.75) is 58.4 Å². The van der Waals surface area contributed by atoms with Crippen molar-refractivity contribution in [3.8, 4) is 0 Å². The first-order valence-corrected chi connectivity index (χ1v) is 7.76. The molecule has 120 valence electrons. The minimum Gasteiger partial charge on any atom is -0.480 e. The van der Waals surface area contributed by atoms with E-state index in [-0.39, 0.29) is 0 Å². The van der Waals surface area contributed by atoms with Gasteiger partial charge in [-0.1, -0.05) is 20.8 Å². The first-order valence-electron chi connectivity index (χ1n) is 7.76. The number of rotatable bonds is 14. The predicted molar refractivity (Wildman–Crippen MR) is 80.1 cm³/mol. The molecule has 0 aliphatic rings. The lowest BCUT2D eigenvalue weighted by Gasteiger charge is -2.29. The minimum absolute atomic E-state index is 0.578. The molecule has 1 atom stereocenters. The molecular formula is C15H31NO4. The van der Waals surface area contributed by atoms with E-state index >= 15 is 0 Å². The van der Waals surface area contributed by atoms with Crippen LogP contribution in [0, 0.1) is 0 Å². The summed E-state index contributed by atoms with van der Waals surface area (Å²) in [5.41, 5.74) is -0.807. The number of aliphatic carboxylic acids is 1. The van der Waals surface area contributed by atoms with E-state index in [1.807, 2.05) is 13.8 Å². The van der Waals surface area contributed by atoms with Crippen LogP contribution in [0.5, 0.6) is 0 Å². The highest BCUT2D eigenvalue weighted by Crippen LogP contribution is 2.18. The molecular weight excluding hydrogens is 258 g/mol. The Bertz CT molecular complexity index is 248. The molecule has 0 aliphatic heterocycles. The summed E-state index contributed by atoms with van der Waals surface area (Å²) in [5, 5.41) is 12.6. The molecule has 5 heteroatoms. The first kappa shape index (κ1) is 19.4. The topological polar surface area (TPSA) is 67.8 Å². The van der Waals surface area contributed by atoms with Gasteiger partial charge in [0.15, 0.2) is 0 Å². The number of hydrogen-bond donors (Lipinski definition) is 2. The summed E-state index contributed by atoms with van der Waals surface area (Å²) in [6.07, 6.45) is 3.86. The molecule has 0 radical (unpaired) electrons. The molecule has 0 spiro atoms. The monoisotopic (exact) mass is 289 g/mol. The van der Waals surface area contributed by atoms with Crippen molar-refractivity contribution in [1.29, 1.82) is 0 Å². The number of hydrogen-bond acceptors (Lipinski definition) is 4. The highest BCUT2D eigenvalue weighted by atomic mass is 16.5. The fourth-order valence-electron chi connectivity index (χ4n) is 2.03. The van der Waals surface area contributed by atoms with Crippen LogP contribution in [0.15, 0.2) is 0 Å². The quantitative estimate of drug-likeness (QED) is 0.481. The molecule has 0 aliphatic carbocycles. The summed E-state index contributed by atoms with van der Waals surface area (Å²) in [5.74, 6) is -0.764. The fourth-order valence-corrected chi connectivity index (χ4v) is 2.03. The molecule has 5 nitrogen and oxygen atoms in total. The third-order valence-corrected chi connectivity index (χ3v) is 3.34. The predicted octanol–water partition coefficient (Wildman–Crippen LogP) is 2.44. The Morgan fingerprint density at radius 1 is 1.05 bits per heavy atom. The van der Waals surface area contributed by atoms with Crippen LogP contribution >= 0.6 is 0 Å². The van der Waals surface area contributed by atoms with Gasteiger partial charge in [-0.3, -0.25) is 4.79 Å². The first-order chi connectivity index (χ1) is 9.63. The lowest BCUT2D eigenvalue weighted by atomic mass is 9.90. The number of carboxylic acid groups (broad SMARTS) is 1. The summed E-state index contributed by atoms with van der Waals surface area (Å²) >= 11 is 0. The van der Waals surface area contributed by atoms with Crippen LogP contribution in [0.3, 0.4) is 0 Å². The lowest BCUT2D eigenvalue weighted by Crippen LogP contribution is -2.52. The number of carbonyl (C=O) groups is 1. The van der Waals surface area contributed by atoms with Crippen LogP contribution in [0.1, 0.15) is 52.9 Å². The van der Waals surface area contributed by atoms with E-state index in [2.05, 4.69) is 12.2 Å². The summed E-state index contributed by atoms with van der Waals surface area (Å²) in [7, 11) is 0. The molecule has 1 unspecified atom stereocenters. The molecule has 0 amide bonds. The molecule has 0 rings (SSSR count). The minimum atomic E-state index is -0.807. The van der Waals surface area contributed by atoms with Gasteiger partial charge in [0, 0.05) is 13.2 Å². The molecule has 0 bridgehead atoms. The molecule has 0 aromatic rings. The SMILES string of the molecule is CCCNC(CC)(CCCOCCOCCC)C(=O)O. The average molecular weight is 289 g/mol. The van der Waals surface area contributed by atoms with E-state index in [0.717, 1.165) is 32.4 Å². The van der Waals surface area contributed by atoms with Gasteiger partial charge in [-0.15, -0.1) is 0 Å². The van der Waals surface area contributed by atoms with E-state index in [9.17, 15) is 9.90 Å². The Labute approximate surface area is 123 Å². The van der Waals surface area contributed by atoms with Crippen LogP contribution in [0.2, 0.25) is 0 Å². The molecule has 0 aromatic heterocycles. The normalized spacial score (nSPS) is 14.2. The van der Waals surface area contributed by atoms with Crippen LogP contribution < -0.4 is 5.32 Å². The van der Waals surface area contributed by atoms with Crippen molar-refractivity contribution in [3.63, 3.8) is 0 Å². The summed E-state index contributed by atoms with van der Waals surface area (Å²) in [6.45, 7) is 9.28. The van der Waals surface area contributed by atoms with E-state index in [4.69, 9.17) is 9.47 Å². The van der Waals surface area contributed by atoms with Gasteiger partial charge in [-0.05, 0) is 38.6 Å². The van der Waals surface area contributed by atoms with Gasteiger partial charge in [0.2, 0.25) is 0 Å². The smallest absolute Gasteiger partial charge is 0.323 e. The molecule has 0 saturated heterocycles. The van der Waals surface area contributed by atoms with E-state index in [0.29, 0.717) is 32.7 Å². The van der Waals surface area contributed by atoms with Gasteiger partial charge in [-0.25, -0.2) is 0 Å². The molecule has 0 heterocycles. The molecule has 0 aromatic carbocycles. The van der Waals surface area contributed by atoms with E-state index < -0.39 is 11.5 Å². The Hall–Kier alpha value is -0.650. The van der Waals surface area contributed by atoms with Crippen molar-refractivity contribution in [2.75, 3.05) is 33.0 Å². The van der Waals surface area contributed by atoms with E-state index in [1.165, 1.54) is 0 Å². The number of carboxylic acids is 1. The summed E-state index contributed by atoms with van der Waals surface area (Å²) < 4.78 is 10.8. The highest BCUT2D eigenvalue weighted by molar-refractivity contribution is 5.78. The molecule has 2 N–H and O–H groups in total. The zero-order chi connectivity index (χ0) is 15.3. The Balaban J connectivity index is 3.87.